The van der Waals surface area contributed by atoms with Crippen molar-refractivity contribution in [2.45, 2.75) is 19.0 Å². The molecule has 0 saturated heterocycles. The highest BCUT2D eigenvalue weighted by molar-refractivity contribution is 5.94. The predicted molar refractivity (Wildman–Crippen MR) is 115 cm³/mol. The Morgan fingerprint density at radius 2 is 1.55 bits per heavy atom. The molecule has 0 spiro atoms. The van der Waals surface area contributed by atoms with Crippen molar-refractivity contribution in [1.29, 1.82) is 0 Å². The van der Waals surface area contributed by atoms with E-state index in [-0.39, 0.29) is 11.9 Å². The van der Waals surface area contributed by atoms with Crippen molar-refractivity contribution in [2.75, 3.05) is 0 Å². The highest BCUT2D eigenvalue weighted by atomic mass is 16.1. The third kappa shape index (κ3) is 4.99. The Morgan fingerprint density at radius 1 is 0.862 bits per heavy atom. The fourth-order valence-electron chi connectivity index (χ4n) is 3.38. The maximum Gasteiger partial charge on any atom is 0.251 e. The molecule has 1 heterocycles. The molecule has 0 bridgehead atoms. The fourth-order valence-corrected chi connectivity index (χ4v) is 3.38. The van der Waals surface area contributed by atoms with Crippen molar-refractivity contribution in [2.24, 2.45) is 0 Å². The number of carbonyl (C=O) groups is 1. The van der Waals surface area contributed by atoms with Gasteiger partial charge in [0.2, 0.25) is 0 Å². The molecule has 144 valence electrons. The van der Waals surface area contributed by atoms with Gasteiger partial charge in [-0.2, -0.15) is 0 Å². The summed E-state index contributed by atoms with van der Waals surface area (Å²) in [6.07, 6.45) is 6.22. The summed E-state index contributed by atoms with van der Waals surface area (Å²) in [4.78, 5) is 17.0. The first-order chi connectivity index (χ1) is 14.3. The summed E-state index contributed by atoms with van der Waals surface area (Å²) >= 11 is 0. The lowest BCUT2D eigenvalue weighted by Gasteiger charge is -2.20. The summed E-state index contributed by atoms with van der Waals surface area (Å²) in [6.45, 7) is 0.739. The first-order valence-corrected chi connectivity index (χ1v) is 9.72. The van der Waals surface area contributed by atoms with Crippen molar-refractivity contribution in [3.05, 3.63) is 126 Å². The van der Waals surface area contributed by atoms with E-state index < -0.39 is 0 Å². The molecule has 1 N–H and O–H groups in total. The Morgan fingerprint density at radius 3 is 2.21 bits per heavy atom. The third-order valence-corrected chi connectivity index (χ3v) is 4.93. The molecule has 4 rings (SSSR count). The number of rotatable bonds is 7. The number of amides is 1. The molecule has 4 nitrogen and oxygen atoms in total. The second-order valence-corrected chi connectivity index (χ2v) is 7.06. The highest BCUT2D eigenvalue weighted by Crippen LogP contribution is 2.19. The minimum Gasteiger partial charge on any atom is -0.345 e. The van der Waals surface area contributed by atoms with Gasteiger partial charge < -0.3 is 9.88 Å². The molecule has 3 aromatic carbocycles. The smallest absolute Gasteiger partial charge is 0.251 e. The molecule has 0 unspecified atom stereocenters. The van der Waals surface area contributed by atoms with Gasteiger partial charge in [0, 0.05) is 24.5 Å². The second-order valence-electron chi connectivity index (χ2n) is 7.06. The topological polar surface area (TPSA) is 46.9 Å². The Balaban J connectivity index is 1.48. The van der Waals surface area contributed by atoms with Crippen molar-refractivity contribution in [3.8, 4) is 0 Å². The molecule has 0 saturated carbocycles. The zero-order chi connectivity index (χ0) is 19.9. The fraction of sp³-hybridized carbons (Fsp3) is 0.120. The summed E-state index contributed by atoms with van der Waals surface area (Å²) in [5.41, 5.74) is 4.08. The molecule has 1 atom stereocenters. The standard InChI is InChI=1S/C25H23N3O/c29-25(23-13-11-21(12-14-23)18-28-16-15-26-19-28)27-24(22-9-5-2-6-10-22)17-20-7-3-1-4-8-20/h1-16,19,24H,17-18H2,(H,27,29)/t24-/m0/s1. The van der Waals surface area contributed by atoms with Gasteiger partial charge in [0.05, 0.1) is 12.4 Å². The van der Waals surface area contributed by atoms with Crippen molar-refractivity contribution in [1.82, 2.24) is 14.9 Å². The first kappa shape index (κ1) is 18.7. The van der Waals surface area contributed by atoms with Crippen LogP contribution in [0.3, 0.4) is 0 Å². The van der Waals surface area contributed by atoms with E-state index in [2.05, 4.69) is 34.6 Å². The monoisotopic (exact) mass is 381 g/mol. The van der Waals surface area contributed by atoms with Gasteiger partial charge in [-0.3, -0.25) is 4.79 Å². The lowest BCUT2D eigenvalue weighted by atomic mass is 9.98. The van der Waals surface area contributed by atoms with Gasteiger partial charge in [-0.1, -0.05) is 72.8 Å². The number of nitrogens with one attached hydrogen (secondary N) is 1. The largest absolute Gasteiger partial charge is 0.345 e. The summed E-state index contributed by atoms with van der Waals surface area (Å²) in [5.74, 6) is -0.0658. The first-order valence-electron chi connectivity index (χ1n) is 9.72. The molecule has 0 radical (unpaired) electrons. The van der Waals surface area contributed by atoms with Crippen LogP contribution < -0.4 is 5.32 Å². The minimum absolute atomic E-state index is 0.0658. The molecule has 4 heteroatoms. The molecule has 1 aromatic heterocycles. The van der Waals surface area contributed by atoms with Crippen LogP contribution in [0.4, 0.5) is 0 Å². The lowest BCUT2D eigenvalue weighted by molar-refractivity contribution is 0.0936. The second kappa shape index (κ2) is 9.02. The summed E-state index contributed by atoms with van der Waals surface area (Å²) in [6, 6.07) is 28.0. The number of imidazole rings is 1. The number of hydrogen-bond acceptors (Lipinski definition) is 2. The molecule has 0 fully saturated rings. The maximum atomic E-state index is 12.9. The zero-order valence-electron chi connectivity index (χ0n) is 16.1. The van der Waals surface area contributed by atoms with Crippen LogP contribution in [0.15, 0.2) is 104 Å². The Hall–Kier alpha value is -3.66. The minimum atomic E-state index is -0.0864. The Kier molecular flexibility index (Phi) is 5.81. The van der Waals surface area contributed by atoms with Gasteiger partial charge in [-0.25, -0.2) is 4.98 Å². The summed E-state index contributed by atoms with van der Waals surface area (Å²) in [7, 11) is 0. The number of nitrogens with zero attached hydrogens (tertiary/aromatic N) is 2. The van der Waals surface area contributed by atoms with E-state index >= 15 is 0 Å². The van der Waals surface area contributed by atoms with Gasteiger partial charge in [-0.05, 0) is 35.2 Å². The van der Waals surface area contributed by atoms with Crippen molar-refractivity contribution < 1.29 is 4.79 Å². The quantitative estimate of drug-likeness (QED) is 0.507. The summed E-state index contributed by atoms with van der Waals surface area (Å²) < 4.78 is 2.00. The molecular weight excluding hydrogens is 358 g/mol. The van der Waals surface area contributed by atoms with E-state index in [9.17, 15) is 4.79 Å². The normalized spacial score (nSPS) is 11.7. The molecule has 29 heavy (non-hydrogen) atoms. The highest BCUT2D eigenvalue weighted by Gasteiger charge is 2.16. The van der Waals surface area contributed by atoms with Crippen LogP contribution in [0.25, 0.3) is 0 Å². The van der Waals surface area contributed by atoms with Crippen molar-refractivity contribution >= 4 is 5.91 Å². The van der Waals surface area contributed by atoms with Crippen LogP contribution in [0.1, 0.15) is 33.1 Å². The number of carbonyl (C=O) groups excluding carboxylic acids is 1. The maximum absolute atomic E-state index is 12.9. The SMILES string of the molecule is O=C(N[C@@H](Cc1ccccc1)c1ccccc1)c1ccc(Cn2ccnc2)cc1. The van der Waals surface area contributed by atoms with E-state index in [1.807, 2.05) is 71.4 Å². The van der Waals surface area contributed by atoms with Crippen LogP contribution in [0.2, 0.25) is 0 Å². The molecule has 0 aliphatic carbocycles. The average Bonchev–Trinajstić information content (AvgIpc) is 3.28. The predicted octanol–water partition coefficient (Wildman–Crippen LogP) is 4.65. The van der Waals surface area contributed by atoms with Gasteiger partial charge in [0.15, 0.2) is 0 Å². The Bertz CT molecular complexity index is 1030. The van der Waals surface area contributed by atoms with Crippen LogP contribution in [0, 0.1) is 0 Å². The van der Waals surface area contributed by atoms with E-state index in [4.69, 9.17) is 0 Å². The molecular formula is C25H23N3O. The van der Waals surface area contributed by atoms with Gasteiger partial charge in [0.25, 0.3) is 5.91 Å². The van der Waals surface area contributed by atoms with Crippen LogP contribution >= 0.6 is 0 Å². The van der Waals surface area contributed by atoms with E-state index in [0.717, 1.165) is 24.1 Å². The average molecular weight is 381 g/mol. The summed E-state index contributed by atoms with van der Waals surface area (Å²) in [5, 5.41) is 3.21. The third-order valence-electron chi connectivity index (χ3n) is 4.93. The van der Waals surface area contributed by atoms with E-state index in [0.29, 0.717) is 5.56 Å². The zero-order valence-corrected chi connectivity index (χ0v) is 16.1. The molecule has 4 aromatic rings. The lowest BCUT2D eigenvalue weighted by Crippen LogP contribution is -2.30. The number of aromatic nitrogens is 2. The molecule has 0 aliphatic rings. The van der Waals surface area contributed by atoms with Gasteiger partial charge in [-0.15, -0.1) is 0 Å². The molecule has 0 aliphatic heterocycles. The van der Waals surface area contributed by atoms with Crippen LogP contribution in [-0.2, 0) is 13.0 Å². The van der Waals surface area contributed by atoms with Gasteiger partial charge >= 0.3 is 0 Å². The number of benzene rings is 3. The molecule has 1 amide bonds. The van der Waals surface area contributed by atoms with Crippen LogP contribution in [-0.4, -0.2) is 15.5 Å². The van der Waals surface area contributed by atoms with Crippen LogP contribution in [0.5, 0.6) is 0 Å². The number of hydrogen-bond donors (Lipinski definition) is 1. The Labute approximate surface area is 170 Å². The van der Waals surface area contributed by atoms with E-state index in [1.165, 1.54) is 5.56 Å². The van der Waals surface area contributed by atoms with Gasteiger partial charge in [0.1, 0.15) is 0 Å². The van der Waals surface area contributed by atoms with Crippen molar-refractivity contribution in [3.63, 3.8) is 0 Å². The van der Waals surface area contributed by atoms with E-state index in [1.54, 1.807) is 12.5 Å².